The van der Waals surface area contributed by atoms with Crippen LogP contribution in [0.4, 0.5) is 0 Å². The van der Waals surface area contributed by atoms with E-state index in [9.17, 15) is 14.4 Å². The minimum Gasteiger partial charge on any atom is -0.321 e. The molecule has 0 amide bonds. The summed E-state index contributed by atoms with van der Waals surface area (Å²) < 4.78 is 11.9. The van der Waals surface area contributed by atoms with Crippen LogP contribution in [-0.2, 0) is 17.4 Å². The van der Waals surface area contributed by atoms with Crippen LogP contribution >= 0.6 is 7.60 Å². The van der Waals surface area contributed by atoms with Gasteiger partial charge in [-0.2, -0.15) is 0 Å². The topological polar surface area (TPSA) is 96.2 Å². The van der Waals surface area contributed by atoms with Gasteiger partial charge in [0.25, 0.3) is 0 Å². The molecule has 0 fully saturated rings. The molecule has 26 heavy (non-hydrogen) atoms. The van der Waals surface area contributed by atoms with Crippen LogP contribution in [0.1, 0.15) is 25.0 Å². The van der Waals surface area contributed by atoms with Gasteiger partial charge in [-0.3, -0.25) is 14.5 Å². The third kappa shape index (κ3) is 3.73. The highest BCUT2D eigenvalue weighted by Gasteiger charge is 2.22. The van der Waals surface area contributed by atoms with E-state index >= 15 is 0 Å². The van der Waals surface area contributed by atoms with Crippen LogP contribution < -0.4 is 5.30 Å². The van der Waals surface area contributed by atoms with Gasteiger partial charge in [-0.25, -0.2) is 4.98 Å². The van der Waals surface area contributed by atoms with Crippen LogP contribution in [0.3, 0.4) is 0 Å². The fraction of sp³-hybridized carbons (Fsp3) is 0.211. The molecule has 0 aliphatic rings. The molecule has 0 aliphatic heterocycles. The number of aryl methyl sites for hydroxylation is 1. The van der Waals surface area contributed by atoms with Gasteiger partial charge in [0.05, 0.1) is 28.1 Å². The second kappa shape index (κ2) is 7.46. The van der Waals surface area contributed by atoms with Crippen LogP contribution in [0, 0.1) is 0 Å². The van der Waals surface area contributed by atoms with Crippen molar-refractivity contribution in [1.82, 2.24) is 15.0 Å². The van der Waals surface area contributed by atoms with Crippen molar-refractivity contribution >= 4 is 12.9 Å². The Morgan fingerprint density at radius 3 is 2.31 bits per heavy atom. The summed E-state index contributed by atoms with van der Waals surface area (Å²) in [5.74, 6) is 0. The molecule has 0 aliphatic carbocycles. The molecule has 0 spiro atoms. The number of pyridine rings is 3. The zero-order valence-corrected chi connectivity index (χ0v) is 15.5. The van der Waals surface area contributed by atoms with Crippen molar-refractivity contribution in [1.29, 1.82) is 0 Å². The highest BCUT2D eigenvalue weighted by molar-refractivity contribution is 7.60. The lowest BCUT2D eigenvalue weighted by Gasteiger charge is -2.14. The van der Waals surface area contributed by atoms with Gasteiger partial charge in [-0.05, 0) is 54.3 Å². The largest absolute Gasteiger partial charge is 0.356 e. The second-order valence-corrected chi connectivity index (χ2v) is 7.46. The molecule has 6 nitrogen and oxygen atoms in total. The van der Waals surface area contributed by atoms with E-state index in [2.05, 4.69) is 21.9 Å². The van der Waals surface area contributed by atoms with E-state index in [1.807, 2.05) is 13.0 Å². The molecule has 7 heteroatoms. The van der Waals surface area contributed by atoms with Crippen molar-refractivity contribution in [2.45, 2.75) is 26.7 Å². The third-order valence-corrected chi connectivity index (χ3v) is 5.13. The molecule has 3 aromatic rings. The standard InChI is InChI=1S/C19H20N3O3P/c1-3-13-8-10-21-19(15(13)4-2)18-12-14(26(23,24)25)11-17(22-18)16-7-5-6-9-20-16/h5-12H,3-4H2,1-2H3,(H2,23,24,25). The Hall–Kier alpha value is -2.40. The molecule has 0 radical (unpaired) electrons. The van der Waals surface area contributed by atoms with E-state index in [1.165, 1.54) is 12.1 Å². The molecule has 0 bridgehead atoms. The molecule has 0 aromatic carbocycles. The zero-order chi connectivity index (χ0) is 18.7. The molecule has 2 N–H and O–H groups in total. The molecule has 0 saturated carbocycles. The van der Waals surface area contributed by atoms with E-state index in [0.29, 0.717) is 22.8 Å². The quantitative estimate of drug-likeness (QED) is 0.671. The van der Waals surface area contributed by atoms with Crippen LogP contribution in [-0.4, -0.2) is 24.7 Å². The highest BCUT2D eigenvalue weighted by atomic mass is 31.2. The van der Waals surface area contributed by atoms with Crippen molar-refractivity contribution in [3.05, 3.63) is 59.9 Å². The Morgan fingerprint density at radius 2 is 1.69 bits per heavy atom. The van der Waals surface area contributed by atoms with Crippen LogP contribution in [0.15, 0.2) is 48.8 Å². The Morgan fingerprint density at radius 1 is 0.923 bits per heavy atom. The summed E-state index contributed by atoms with van der Waals surface area (Å²) in [6.45, 7) is 4.10. The Labute approximate surface area is 152 Å². The lowest BCUT2D eigenvalue weighted by atomic mass is 10.00. The second-order valence-electron chi connectivity index (χ2n) is 5.86. The van der Waals surface area contributed by atoms with Gasteiger partial charge in [-0.1, -0.05) is 19.9 Å². The zero-order valence-electron chi connectivity index (χ0n) is 14.6. The summed E-state index contributed by atoms with van der Waals surface area (Å²) in [5.41, 5.74) is 4.25. The van der Waals surface area contributed by atoms with Crippen LogP contribution in [0.2, 0.25) is 0 Å². The molecule has 3 heterocycles. The van der Waals surface area contributed by atoms with Crippen molar-refractivity contribution < 1.29 is 14.4 Å². The summed E-state index contributed by atoms with van der Waals surface area (Å²) >= 11 is 0. The molecule has 0 atom stereocenters. The Bertz CT molecular complexity index is 971. The molecular weight excluding hydrogens is 349 g/mol. The van der Waals surface area contributed by atoms with Crippen molar-refractivity contribution in [2.75, 3.05) is 0 Å². The predicted octanol–water partition coefficient (Wildman–Crippen LogP) is 3.13. The maximum absolute atomic E-state index is 11.9. The highest BCUT2D eigenvalue weighted by Crippen LogP contribution is 2.36. The number of rotatable bonds is 5. The summed E-state index contributed by atoms with van der Waals surface area (Å²) in [5, 5.41) is -0.0890. The lowest BCUT2D eigenvalue weighted by molar-refractivity contribution is 0.387. The normalized spacial score (nSPS) is 11.5. The number of nitrogens with zero attached hydrogens (tertiary/aromatic N) is 3. The van der Waals surface area contributed by atoms with E-state index in [0.717, 1.165) is 24.0 Å². The summed E-state index contributed by atoms with van der Waals surface area (Å²) in [4.78, 5) is 32.7. The molecule has 0 saturated heterocycles. The summed E-state index contributed by atoms with van der Waals surface area (Å²) in [6.07, 6.45) is 4.94. The minimum absolute atomic E-state index is 0.0890. The average Bonchev–Trinajstić information content (AvgIpc) is 2.66. The first-order valence-electron chi connectivity index (χ1n) is 8.40. The summed E-state index contributed by atoms with van der Waals surface area (Å²) in [6, 6.07) is 10.1. The molecular formula is C19H20N3O3P. The van der Waals surface area contributed by atoms with Gasteiger partial charge in [0.2, 0.25) is 0 Å². The molecule has 3 rings (SSSR count). The van der Waals surface area contributed by atoms with Crippen LogP contribution in [0.25, 0.3) is 22.8 Å². The van der Waals surface area contributed by atoms with Gasteiger partial charge in [0.15, 0.2) is 0 Å². The van der Waals surface area contributed by atoms with Gasteiger partial charge < -0.3 is 9.79 Å². The maximum Gasteiger partial charge on any atom is 0.356 e. The van der Waals surface area contributed by atoms with Crippen molar-refractivity contribution in [2.24, 2.45) is 0 Å². The van der Waals surface area contributed by atoms with Crippen molar-refractivity contribution in [3.8, 4) is 22.8 Å². The SMILES string of the molecule is CCc1ccnc(-c2cc(P(=O)(O)O)cc(-c3ccccn3)n2)c1CC. The predicted molar refractivity (Wildman–Crippen MR) is 101 cm³/mol. The number of hydrogen-bond acceptors (Lipinski definition) is 4. The van der Waals surface area contributed by atoms with Gasteiger partial charge in [0, 0.05) is 12.4 Å². The van der Waals surface area contributed by atoms with E-state index in [-0.39, 0.29) is 5.30 Å². The van der Waals surface area contributed by atoms with Gasteiger partial charge in [0.1, 0.15) is 0 Å². The Kier molecular flexibility index (Phi) is 5.28. The van der Waals surface area contributed by atoms with E-state index in [1.54, 1.807) is 30.6 Å². The van der Waals surface area contributed by atoms with Crippen molar-refractivity contribution in [3.63, 3.8) is 0 Å². The fourth-order valence-electron chi connectivity index (χ4n) is 2.93. The minimum atomic E-state index is -4.45. The molecule has 0 unspecified atom stereocenters. The fourth-order valence-corrected chi connectivity index (χ4v) is 3.51. The number of aromatic nitrogens is 3. The maximum atomic E-state index is 11.9. The first kappa shape index (κ1) is 18.4. The van der Waals surface area contributed by atoms with Gasteiger partial charge in [-0.15, -0.1) is 0 Å². The summed E-state index contributed by atoms with van der Waals surface area (Å²) in [7, 11) is -4.45. The van der Waals surface area contributed by atoms with Crippen LogP contribution in [0.5, 0.6) is 0 Å². The van der Waals surface area contributed by atoms with E-state index in [4.69, 9.17) is 0 Å². The average molecular weight is 369 g/mol. The number of hydrogen-bond donors (Lipinski definition) is 2. The first-order chi connectivity index (χ1) is 12.4. The van der Waals surface area contributed by atoms with Gasteiger partial charge >= 0.3 is 7.60 Å². The molecule has 134 valence electrons. The Balaban J connectivity index is 2.27. The monoisotopic (exact) mass is 369 g/mol. The molecule has 3 aromatic heterocycles. The third-order valence-electron chi connectivity index (χ3n) is 4.20. The first-order valence-corrected chi connectivity index (χ1v) is 10.0. The van der Waals surface area contributed by atoms with E-state index < -0.39 is 7.60 Å². The smallest absolute Gasteiger partial charge is 0.321 e. The lowest BCUT2D eigenvalue weighted by Crippen LogP contribution is -2.09.